The van der Waals surface area contributed by atoms with Crippen LogP contribution in [-0.2, 0) is 6.42 Å². The van der Waals surface area contributed by atoms with E-state index in [1.807, 2.05) is 30.3 Å². The van der Waals surface area contributed by atoms with E-state index >= 15 is 0 Å². The number of fused-ring (bicyclic) bond motifs is 1. The highest BCUT2D eigenvalue weighted by atomic mass is 19.1. The summed E-state index contributed by atoms with van der Waals surface area (Å²) in [7, 11) is 1.61. The fourth-order valence-corrected chi connectivity index (χ4v) is 2.79. The number of ether oxygens (including phenoxy) is 1. The molecule has 26 heavy (non-hydrogen) atoms. The lowest BCUT2D eigenvalue weighted by molar-refractivity contribution is 0.415. The predicted molar refractivity (Wildman–Crippen MR) is 91.9 cm³/mol. The van der Waals surface area contributed by atoms with Crippen molar-refractivity contribution in [2.24, 2.45) is 0 Å². The highest BCUT2D eigenvalue weighted by molar-refractivity contribution is 5.62. The molecule has 0 spiro atoms. The van der Waals surface area contributed by atoms with Gasteiger partial charge in [-0.15, -0.1) is 5.10 Å². The quantitative estimate of drug-likeness (QED) is 0.562. The second kappa shape index (κ2) is 6.51. The van der Waals surface area contributed by atoms with E-state index in [0.717, 1.165) is 23.1 Å². The summed E-state index contributed by atoms with van der Waals surface area (Å²) >= 11 is 0. The molecule has 5 nitrogen and oxygen atoms in total. The van der Waals surface area contributed by atoms with Crippen LogP contribution in [0.5, 0.6) is 5.75 Å². The highest BCUT2D eigenvalue weighted by Gasteiger charge is 2.11. The van der Waals surface area contributed by atoms with Crippen LogP contribution >= 0.6 is 0 Å². The molecule has 2 heterocycles. The Kier molecular flexibility index (Phi) is 4.04. The number of halogens is 2. The maximum atomic E-state index is 13.4. The second-order valence-corrected chi connectivity index (χ2v) is 5.75. The van der Waals surface area contributed by atoms with E-state index in [-0.39, 0.29) is 6.42 Å². The number of nitrogens with zero attached hydrogens (tertiary/aromatic N) is 4. The summed E-state index contributed by atoms with van der Waals surface area (Å²) in [5.74, 6) is 0.363. The molecule has 4 aromatic rings. The Bertz CT molecular complexity index is 1060. The summed E-state index contributed by atoms with van der Waals surface area (Å²) < 4.78 is 33.5. The van der Waals surface area contributed by atoms with Crippen molar-refractivity contribution in [1.29, 1.82) is 0 Å². The van der Waals surface area contributed by atoms with E-state index in [1.54, 1.807) is 17.8 Å². The average molecular weight is 352 g/mol. The molecule has 0 saturated carbocycles. The molecule has 0 atom stereocenters. The van der Waals surface area contributed by atoms with E-state index in [0.29, 0.717) is 17.2 Å². The van der Waals surface area contributed by atoms with Crippen molar-refractivity contribution in [2.45, 2.75) is 6.42 Å². The monoisotopic (exact) mass is 352 g/mol. The van der Waals surface area contributed by atoms with Gasteiger partial charge in [0.15, 0.2) is 5.82 Å². The van der Waals surface area contributed by atoms with Gasteiger partial charge in [0.05, 0.1) is 12.8 Å². The standard InChI is InChI=1S/C19H14F2N4O/c1-26-16-4-2-13(3-5-16)17-6-7-22-19-23-18(24-25(17)19)10-12-8-14(20)11-15(21)9-12/h2-9,11H,10H2,1H3. The third-order valence-electron chi connectivity index (χ3n) is 3.95. The van der Waals surface area contributed by atoms with Crippen LogP contribution < -0.4 is 4.74 Å². The summed E-state index contributed by atoms with van der Waals surface area (Å²) in [5.41, 5.74) is 2.19. The van der Waals surface area contributed by atoms with Gasteiger partial charge in [0.25, 0.3) is 5.78 Å². The number of hydrogen-bond donors (Lipinski definition) is 0. The molecule has 0 aliphatic rings. The lowest BCUT2D eigenvalue weighted by Crippen LogP contribution is -1.97. The van der Waals surface area contributed by atoms with Crippen LogP contribution in [0.4, 0.5) is 8.78 Å². The first-order valence-electron chi connectivity index (χ1n) is 7.92. The summed E-state index contributed by atoms with van der Waals surface area (Å²) in [6.45, 7) is 0. The molecule has 130 valence electrons. The van der Waals surface area contributed by atoms with Crippen molar-refractivity contribution in [3.63, 3.8) is 0 Å². The molecule has 0 aliphatic heterocycles. The summed E-state index contributed by atoms with van der Waals surface area (Å²) in [4.78, 5) is 8.57. The fraction of sp³-hybridized carbons (Fsp3) is 0.105. The first kappa shape index (κ1) is 16.1. The summed E-state index contributed by atoms with van der Waals surface area (Å²) in [5, 5.41) is 4.45. The normalized spacial score (nSPS) is 11.0. The lowest BCUT2D eigenvalue weighted by Gasteiger charge is -2.05. The van der Waals surface area contributed by atoms with Crippen molar-refractivity contribution in [2.75, 3.05) is 7.11 Å². The van der Waals surface area contributed by atoms with Crippen LogP contribution in [0.15, 0.2) is 54.7 Å². The van der Waals surface area contributed by atoms with Crippen LogP contribution in [-0.4, -0.2) is 26.7 Å². The molecule has 0 N–H and O–H groups in total. The molecular weight excluding hydrogens is 338 g/mol. The van der Waals surface area contributed by atoms with Gasteiger partial charge in [-0.3, -0.25) is 0 Å². The van der Waals surface area contributed by atoms with Gasteiger partial charge in [0, 0.05) is 24.2 Å². The van der Waals surface area contributed by atoms with E-state index < -0.39 is 11.6 Å². The van der Waals surface area contributed by atoms with Crippen LogP contribution in [0.2, 0.25) is 0 Å². The Balaban J connectivity index is 1.72. The molecule has 2 aromatic carbocycles. The first-order valence-corrected chi connectivity index (χ1v) is 7.92. The number of methoxy groups -OCH3 is 1. The fourth-order valence-electron chi connectivity index (χ4n) is 2.79. The number of benzene rings is 2. The maximum absolute atomic E-state index is 13.4. The minimum atomic E-state index is -0.624. The van der Waals surface area contributed by atoms with Gasteiger partial charge >= 0.3 is 0 Å². The van der Waals surface area contributed by atoms with Gasteiger partial charge in [0.2, 0.25) is 0 Å². The lowest BCUT2D eigenvalue weighted by atomic mass is 10.1. The van der Waals surface area contributed by atoms with Crippen molar-refractivity contribution >= 4 is 5.78 Å². The minimum Gasteiger partial charge on any atom is -0.497 e. The summed E-state index contributed by atoms with van der Waals surface area (Å²) in [6.07, 6.45) is 1.86. The maximum Gasteiger partial charge on any atom is 0.252 e. The van der Waals surface area contributed by atoms with Crippen LogP contribution in [0, 0.1) is 11.6 Å². The van der Waals surface area contributed by atoms with Crippen LogP contribution in [0.25, 0.3) is 17.0 Å². The number of rotatable bonds is 4. The van der Waals surface area contributed by atoms with Gasteiger partial charge < -0.3 is 4.74 Å². The molecule has 2 aromatic heterocycles. The Hall–Kier alpha value is -3.35. The van der Waals surface area contributed by atoms with Gasteiger partial charge in [-0.25, -0.2) is 13.8 Å². The molecule has 7 heteroatoms. The first-order chi connectivity index (χ1) is 12.6. The Morgan fingerprint density at radius 3 is 2.42 bits per heavy atom. The zero-order chi connectivity index (χ0) is 18.1. The SMILES string of the molecule is COc1ccc(-c2ccnc3nc(Cc4cc(F)cc(F)c4)nn23)cc1. The van der Waals surface area contributed by atoms with E-state index in [1.165, 1.54) is 12.1 Å². The van der Waals surface area contributed by atoms with Crippen molar-refractivity contribution in [1.82, 2.24) is 19.6 Å². The Morgan fingerprint density at radius 2 is 1.73 bits per heavy atom. The molecule has 0 bridgehead atoms. The minimum absolute atomic E-state index is 0.208. The highest BCUT2D eigenvalue weighted by Crippen LogP contribution is 2.22. The molecule has 0 fully saturated rings. The van der Waals surface area contributed by atoms with Crippen molar-refractivity contribution < 1.29 is 13.5 Å². The van der Waals surface area contributed by atoms with Crippen molar-refractivity contribution in [3.05, 3.63) is 77.8 Å². The molecular formula is C19H14F2N4O. The van der Waals surface area contributed by atoms with E-state index in [4.69, 9.17) is 4.74 Å². The molecule has 0 amide bonds. The number of hydrogen-bond acceptors (Lipinski definition) is 4. The molecule has 0 radical (unpaired) electrons. The smallest absolute Gasteiger partial charge is 0.252 e. The molecule has 0 aliphatic carbocycles. The number of aromatic nitrogens is 4. The van der Waals surface area contributed by atoms with E-state index in [2.05, 4.69) is 15.1 Å². The molecule has 0 unspecified atom stereocenters. The summed E-state index contributed by atoms with van der Waals surface area (Å²) in [6, 6.07) is 12.7. The average Bonchev–Trinajstić information content (AvgIpc) is 3.03. The largest absolute Gasteiger partial charge is 0.497 e. The van der Waals surface area contributed by atoms with Crippen molar-refractivity contribution in [3.8, 4) is 17.0 Å². The topological polar surface area (TPSA) is 52.3 Å². The van der Waals surface area contributed by atoms with Gasteiger partial charge in [-0.05, 0) is 48.0 Å². The van der Waals surface area contributed by atoms with E-state index in [9.17, 15) is 8.78 Å². The van der Waals surface area contributed by atoms with Gasteiger partial charge in [0.1, 0.15) is 17.4 Å². The van der Waals surface area contributed by atoms with Crippen LogP contribution in [0.1, 0.15) is 11.4 Å². The Labute approximate surface area is 147 Å². The third-order valence-corrected chi connectivity index (χ3v) is 3.95. The zero-order valence-electron chi connectivity index (χ0n) is 13.9. The van der Waals surface area contributed by atoms with Gasteiger partial charge in [-0.2, -0.15) is 9.50 Å². The third kappa shape index (κ3) is 3.11. The Morgan fingerprint density at radius 1 is 1.00 bits per heavy atom. The predicted octanol–water partition coefficient (Wildman–Crippen LogP) is 3.67. The molecule has 4 rings (SSSR count). The second-order valence-electron chi connectivity index (χ2n) is 5.75. The molecule has 0 saturated heterocycles. The zero-order valence-corrected chi connectivity index (χ0v) is 13.9. The van der Waals surface area contributed by atoms with Gasteiger partial charge in [-0.1, -0.05) is 0 Å². The van der Waals surface area contributed by atoms with Crippen LogP contribution in [0.3, 0.4) is 0 Å².